The highest BCUT2D eigenvalue weighted by molar-refractivity contribution is 5.79. The van der Waals surface area contributed by atoms with Crippen LogP contribution in [0.3, 0.4) is 0 Å². The van der Waals surface area contributed by atoms with Gasteiger partial charge in [0.1, 0.15) is 0 Å². The molecule has 20 heavy (non-hydrogen) atoms. The van der Waals surface area contributed by atoms with Gasteiger partial charge in [-0.05, 0) is 32.2 Å². The highest BCUT2D eigenvalue weighted by Crippen LogP contribution is 2.20. The van der Waals surface area contributed by atoms with Gasteiger partial charge in [0.2, 0.25) is 5.91 Å². The largest absolute Gasteiger partial charge is 0.342 e. The van der Waals surface area contributed by atoms with E-state index in [1.54, 1.807) is 0 Å². The van der Waals surface area contributed by atoms with E-state index >= 15 is 0 Å². The summed E-state index contributed by atoms with van der Waals surface area (Å²) in [6.07, 6.45) is 3.55. The predicted molar refractivity (Wildman–Crippen MR) is 77.2 cm³/mol. The van der Waals surface area contributed by atoms with E-state index in [0.29, 0.717) is 12.6 Å². The van der Waals surface area contributed by atoms with Crippen molar-refractivity contribution in [2.24, 2.45) is 11.7 Å². The number of likely N-dealkylation sites (tertiary alicyclic amines) is 1. The Labute approximate surface area is 120 Å². The predicted octanol–water partition coefficient (Wildman–Crippen LogP) is 0.378. The van der Waals surface area contributed by atoms with Crippen LogP contribution in [-0.4, -0.2) is 60.5 Å². The van der Waals surface area contributed by atoms with Crippen molar-refractivity contribution in [3.8, 4) is 0 Å². The van der Waals surface area contributed by atoms with Crippen LogP contribution in [-0.2, 0) is 4.79 Å². The molecule has 6 nitrogen and oxygen atoms in total. The van der Waals surface area contributed by atoms with Gasteiger partial charge in [-0.1, -0.05) is 6.92 Å². The summed E-state index contributed by atoms with van der Waals surface area (Å²) in [6.45, 7) is 5.70. The second-order valence-electron chi connectivity index (χ2n) is 5.81. The Bertz CT molecular complexity index is 353. The van der Waals surface area contributed by atoms with Crippen molar-refractivity contribution in [1.29, 1.82) is 0 Å². The zero-order valence-corrected chi connectivity index (χ0v) is 12.3. The number of nitrogens with zero attached hydrogens (tertiary/aromatic N) is 2. The van der Waals surface area contributed by atoms with Gasteiger partial charge in [0, 0.05) is 38.1 Å². The molecule has 6 heteroatoms. The van der Waals surface area contributed by atoms with Gasteiger partial charge in [0.25, 0.3) is 0 Å². The third-order valence-electron chi connectivity index (χ3n) is 4.37. The SMILES string of the molecule is CC(CCCN)C(=O)N1CCC(N2CCNC2=O)CC1. The number of carbonyl (C=O) groups excluding carboxylic acids is 2. The van der Waals surface area contributed by atoms with Crippen LogP contribution >= 0.6 is 0 Å². The molecule has 0 radical (unpaired) electrons. The minimum atomic E-state index is 0.0473. The monoisotopic (exact) mass is 282 g/mol. The molecule has 3 N–H and O–H groups in total. The quantitative estimate of drug-likeness (QED) is 0.765. The molecule has 0 saturated carbocycles. The molecule has 0 aromatic rings. The first-order chi connectivity index (χ1) is 9.63. The van der Waals surface area contributed by atoms with E-state index in [9.17, 15) is 9.59 Å². The van der Waals surface area contributed by atoms with Crippen LogP contribution in [0, 0.1) is 5.92 Å². The molecule has 1 atom stereocenters. The molecule has 2 saturated heterocycles. The van der Waals surface area contributed by atoms with E-state index in [4.69, 9.17) is 5.73 Å². The molecule has 114 valence electrons. The Hall–Kier alpha value is -1.30. The number of urea groups is 1. The van der Waals surface area contributed by atoms with E-state index in [1.165, 1.54) is 0 Å². The van der Waals surface area contributed by atoms with E-state index in [1.807, 2.05) is 16.7 Å². The molecule has 2 aliphatic rings. The van der Waals surface area contributed by atoms with Gasteiger partial charge in [-0.15, -0.1) is 0 Å². The number of rotatable bonds is 5. The van der Waals surface area contributed by atoms with Gasteiger partial charge >= 0.3 is 6.03 Å². The Kier molecular flexibility index (Phi) is 5.23. The summed E-state index contributed by atoms with van der Waals surface area (Å²) >= 11 is 0. The number of piperidine rings is 1. The lowest BCUT2D eigenvalue weighted by Crippen LogP contribution is -2.48. The molecule has 0 aliphatic carbocycles. The zero-order valence-electron chi connectivity index (χ0n) is 12.3. The summed E-state index contributed by atoms with van der Waals surface area (Å²) < 4.78 is 0. The second kappa shape index (κ2) is 6.92. The van der Waals surface area contributed by atoms with E-state index in [-0.39, 0.29) is 17.9 Å². The summed E-state index contributed by atoms with van der Waals surface area (Å²) in [7, 11) is 0. The highest BCUT2D eigenvalue weighted by Gasteiger charge is 2.32. The van der Waals surface area contributed by atoms with Gasteiger partial charge in [-0.2, -0.15) is 0 Å². The maximum atomic E-state index is 12.3. The maximum absolute atomic E-state index is 12.3. The number of carbonyl (C=O) groups is 2. The number of nitrogens with one attached hydrogen (secondary N) is 1. The molecule has 1 unspecified atom stereocenters. The third-order valence-corrected chi connectivity index (χ3v) is 4.37. The highest BCUT2D eigenvalue weighted by atomic mass is 16.2. The van der Waals surface area contributed by atoms with Crippen molar-refractivity contribution in [1.82, 2.24) is 15.1 Å². The lowest BCUT2D eigenvalue weighted by molar-refractivity contribution is -0.136. The van der Waals surface area contributed by atoms with Crippen molar-refractivity contribution in [3.05, 3.63) is 0 Å². The van der Waals surface area contributed by atoms with Crippen LogP contribution in [0.5, 0.6) is 0 Å². The van der Waals surface area contributed by atoms with Crippen LogP contribution in [0.25, 0.3) is 0 Å². The first kappa shape index (κ1) is 15.1. The van der Waals surface area contributed by atoms with Gasteiger partial charge < -0.3 is 20.9 Å². The summed E-state index contributed by atoms with van der Waals surface area (Å²) in [5.41, 5.74) is 5.49. The van der Waals surface area contributed by atoms with Crippen LogP contribution in [0.2, 0.25) is 0 Å². The van der Waals surface area contributed by atoms with Crippen molar-refractivity contribution in [3.63, 3.8) is 0 Å². The fourth-order valence-corrected chi connectivity index (χ4v) is 3.09. The van der Waals surface area contributed by atoms with E-state index in [0.717, 1.165) is 51.9 Å². The number of hydrogen-bond donors (Lipinski definition) is 2. The minimum Gasteiger partial charge on any atom is -0.342 e. The third kappa shape index (κ3) is 3.42. The van der Waals surface area contributed by atoms with Gasteiger partial charge in [-0.3, -0.25) is 4.79 Å². The molecule has 2 rings (SSSR count). The second-order valence-corrected chi connectivity index (χ2v) is 5.81. The fourth-order valence-electron chi connectivity index (χ4n) is 3.09. The van der Waals surface area contributed by atoms with Gasteiger partial charge in [0.05, 0.1) is 0 Å². The molecule has 0 aromatic heterocycles. The molecule has 3 amide bonds. The topological polar surface area (TPSA) is 78.7 Å². The molecule has 2 heterocycles. The Balaban J connectivity index is 1.78. The van der Waals surface area contributed by atoms with Crippen molar-refractivity contribution in [2.75, 3.05) is 32.7 Å². The number of amides is 3. The molecule has 0 aromatic carbocycles. The standard InChI is InChI=1S/C14H26N4O2/c1-11(3-2-6-15)13(19)17-8-4-12(5-9-17)18-10-7-16-14(18)20/h11-12H,2-10,15H2,1H3,(H,16,20). The van der Waals surface area contributed by atoms with E-state index < -0.39 is 0 Å². The van der Waals surface area contributed by atoms with Crippen LogP contribution in [0.15, 0.2) is 0 Å². The van der Waals surface area contributed by atoms with Gasteiger partial charge in [-0.25, -0.2) is 4.79 Å². The first-order valence-corrected chi connectivity index (χ1v) is 7.66. The average molecular weight is 282 g/mol. The summed E-state index contributed by atoms with van der Waals surface area (Å²) in [6, 6.07) is 0.340. The molecular weight excluding hydrogens is 256 g/mol. The average Bonchev–Trinajstić information content (AvgIpc) is 2.90. The van der Waals surface area contributed by atoms with E-state index in [2.05, 4.69) is 5.32 Å². The first-order valence-electron chi connectivity index (χ1n) is 7.66. The Morgan fingerprint density at radius 1 is 1.40 bits per heavy atom. The Morgan fingerprint density at radius 3 is 2.65 bits per heavy atom. The molecule has 0 spiro atoms. The molecular formula is C14H26N4O2. The van der Waals surface area contributed by atoms with Crippen LogP contribution in [0.4, 0.5) is 4.79 Å². The number of nitrogens with two attached hydrogens (primary N) is 1. The Morgan fingerprint density at radius 2 is 2.10 bits per heavy atom. The lowest BCUT2D eigenvalue weighted by Gasteiger charge is -2.37. The molecule has 2 fully saturated rings. The van der Waals surface area contributed by atoms with Crippen molar-refractivity contribution >= 4 is 11.9 Å². The zero-order chi connectivity index (χ0) is 14.5. The summed E-state index contributed by atoms with van der Waals surface area (Å²) in [5.74, 6) is 0.299. The lowest BCUT2D eigenvalue weighted by atomic mass is 9.99. The summed E-state index contributed by atoms with van der Waals surface area (Å²) in [5, 5.41) is 2.84. The van der Waals surface area contributed by atoms with Crippen LogP contribution < -0.4 is 11.1 Å². The summed E-state index contributed by atoms with van der Waals surface area (Å²) in [4.78, 5) is 27.8. The number of hydrogen-bond acceptors (Lipinski definition) is 3. The normalized spacial score (nSPS) is 22.0. The smallest absolute Gasteiger partial charge is 0.317 e. The van der Waals surface area contributed by atoms with Gasteiger partial charge in [0.15, 0.2) is 0 Å². The van der Waals surface area contributed by atoms with Crippen LogP contribution in [0.1, 0.15) is 32.6 Å². The van der Waals surface area contributed by atoms with Crippen molar-refractivity contribution < 1.29 is 9.59 Å². The maximum Gasteiger partial charge on any atom is 0.317 e. The molecule has 0 bridgehead atoms. The van der Waals surface area contributed by atoms with Crippen molar-refractivity contribution in [2.45, 2.75) is 38.6 Å². The molecule has 2 aliphatic heterocycles. The minimum absolute atomic E-state index is 0.0473. The fraction of sp³-hybridized carbons (Fsp3) is 0.857.